The molecule has 0 aliphatic carbocycles. The molecule has 1 aliphatic heterocycles. The first-order valence-corrected chi connectivity index (χ1v) is 14.1. The number of carboxylic acids is 4. The average molecular weight is 677 g/mol. The summed E-state index contributed by atoms with van der Waals surface area (Å²) in [5.74, 6) is -9.17. The zero-order valence-electron chi connectivity index (χ0n) is 23.6. The Hall–Kier alpha value is -4.54. The van der Waals surface area contributed by atoms with E-state index in [0.29, 0.717) is 0 Å². The van der Waals surface area contributed by atoms with Gasteiger partial charge >= 0.3 is 23.9 Å². The van der Waals surface area contributed by atoms with Crippen molar-refractivity contribution in [3.05, 3.63) is 23.8 Å². The number of aliphatic hydroxyl groups excluding tert-OH is 3. The van der Waals surface area contributed by atoms with Crippen LogP contribution >= 0.6 is 11.8 Å². The molecule has 21 heteroatoms. The Morgan fingerprint density at radius 2 is 1.54 bits per heavy atom. The van der Waals surface area contributed by atoms with Crippen LogP contribution in [0.15, 0.2) is 23.1 Å². The third-order valence-corrected chi connectivity index (χ3v) is 7.28. The van der Waals surface area contributed by atoms with E-state index >= 15 is 0 Å². The molecule has 1 aliphatic rings. The Kier molecular flexibility index (Phi) is 14.1. The van der Waals surface area contributed by atoms with Crippen LogP contribution in [0.2, 0.25) is 0 Å². The van der Waals surface area contributed by atoms with Crippen molar-refractivity contribution < 1.29 is 78.8 Å². The number of carboxylic acid groups (broad SMARTS) is 4. The van der Waals surface area contributed by atoms with Gasteiger partial charge in [0, 0.05) is 22.6 Å². The lowest BCUT2D eigenvalue weighted by Crippen LogP contribution is -2.61. The van der Waals surface area contributed by atoms with Crippen LogP contribution in [0.1, 0.15) is 23.2 Å². The molecule has 1 aromatic carbocycles. The molecule has 0 radical (unpaired) electrons. The molecule has 0 spiro atoms. The number of thioether (sulfide) groups is 1. The highest BCUT2D eigenvalue weighted by Crippen LogP contribution is 2.34. The summed E-state index contributed by atoms with van der Waals surface area (Å²) in [7, 11) is 0. The van der Waals surface area contributed by atoms with Crippen molar-refractivity contribution in [2.24, 2.45) is 5.73 Å². The van der Waals surface area contributed by atoms with Gasteiger partial charge in [0.1, 0.15) is 49.2 Å². The molecule has 1 fully saturated rings. The fourth-order valence-electron chi connectivity index (χ4n) is 3.71. The molecule has 4 unspecified atom stereocenters. The number of hydrogen-bond acceptors (Lipinski definition) is 14. The number of aliphatic carboxylic acids is 4. The van der Waals surface area contributed by atoms with Crippen molar-refractivity contribution in [1.82, 2.24) is 16.0 Å². The number of nitrogens with one attached hydrogen (secondary N) is 3. The Morgan fingerprint density at radius 3 is 2.13 bits per heavy atom. The van der Waals surface area contributed by atoms with Gasteiger partial charge in [-0.3, -0.25) is 28.8 Å². The van der Waals surface area contributed by atoms with Crippen LogP contribution in [0.5, 0.6) is 5.75 Å². The molecule has 1 heterocycles. The van der Waals surface area contributed by atoms with Gasteiger partial charge in [-0.1, -0.05) is 0 Å². The molecule has 20 nitrogen and oxygen atoms in total. The molecule has 7 atom stereocenters. The maximum Gasteiger partial charge on any atom is 0.335 e. The lowest BCUT2D eigenvalue weighted by atomic mass is 9.99. The average Bonchev–Trinajstić information content (AvgIpc) is 2.99. The molecule has 1 saturated heterocycles. The fraction of sp³-hybridized carbons (Fsp3) is 0.480. The monoisotopic (exact) mass is 676 g/mol. The molecular formula is C25H32N4O16S. The van der Waals surface area contributed by atoms with Crippen LogP contribution in [-0.2, 0) is 33.5 Å². The number of aliphatic hydroxyl groups is 3. The quantitative estimate of drug-likeness (QED) is 0.0696. The van der Waals surface area contributed by atoms with E-state index in [0.717, 1.165) is 17.8 Å². The second kappa shape index (κ2) is 17.2. The van der Waals surface area contributed by atoms with E-state index in [9.17, 15) is 54.0 Å². The van der Waals surface area contributed by atoms with Crippen LogP contribution in [0.3, 0.4) is 0 Å². The van der Waals surface area contributed by atoms with E-state index in [1.165, 1.54) is 12.1 Å². The highest BCUT2D eigenvalue weighted by atomic mass is 32.2. The van der Waals surface area contributed by atoms with Crippen molar-refractivity contribution in [3.8, 4) is 5.75 Å². The molecular weight excluding hydrogens is 644 g/mol. The third-order valence-electron chi connectivity index (χ3n) is 6.13. The highest BCUT2D eigenvalue weighted by molar-refractivity contribution is 7.99. The largest absolute Gasteiger partial charge is 0.480 e. The second-order valence-electron chi connectivity index (χ2n) is 9.62. The van der Waals surface area contributed by atoms with Gasteiger partial charge in [0.25, 0.3) is 5.91 Å². The molecule has 0 bridgehead atoms. The Morgan fingerprint density at radius 1 is 0.913 bits per heavy atom. The first-order chi connectivity index (χ1) is 21.5. The molecule has 46 heavy (non-hydrogen) atoms. The normalized spacial score (nSPS) is 22.0. The maximum absolute atomic E-state index is 12.7. The van der Waals surface area contributed by atoms with Gasteiger partial charge in [-0.2, -0.15) is 0 Å². The summed E-state index contributed by atoms with van der Waals surface area (Å²) in [5, 5.41) is 73.0. The van der Waals surface area contributed by atoms with E-state index in [2.05, 4.69) is 16.0 Å². The van der Waals surface area contributed by atoms with Crippen LogP contribution in [0.4, 0.5) is 0 Å². The van der Waals surface area contributed by atoms with Gasteiger partial charge in [0.2, 0.25) is 18.1 Å². The zero-order chi connectivity index (χ0) is 34.7. The summed E-state index contributed by atoms with van der Waals surface area (Å²) in [6, 6.07) is 0.672. The van der Waals surface area contributed by atoms with Gasteiger partial charge in [0.15, 0.2) is 6.10 Å². The minimum Gasteiger partial charge on any atom is -0.480 e. The van der Waals surface area contributed by atoms with Crippen LogP contribution in [0.25, 0.3) is 0 Å². The Bertz CT molecular complexity index is 1330. The van der Waals surface area contributed by atoms with E-state index < -0.39 is 104 Å². The lowest BCUT2D eigenvalue weighted by Gasteiger charge is -2.38. The first kappa shape index (κ1) is 37.6. The lowest BCUT2D eigenvalue weighted by molar-refractivity contribution is -0.271. The van der Waals surface area contributed by atoms with Crippen LogP contribution in [0, 0.1) is 0 Å². The molecule has 0 saturated carbocycles. The minimum absolute atomic E-state index is 0.0521. The van der Waals surface area contributed by atoms with Crippen molar-refractivity contribution >= 4 is 53.4 Å². The zero-order valence-corrected chi connectivity index (χ0v) is 24.4. The van der Waals surface area contributed by atoms with Crippen molar-refractivity contribution in [3.63, 3.8) is 0 Å². The predicted molar refractivity (Wildman–Crippen MR) is 150 cm³/mol. The minimum atomic E-state index is -2.05. The molecule has 12 N–H and O–H groups in total. The summed E-state index contributed by atoms with van der Waals surface area (Å²) >= 11 is 0.768. The van der Waals surface area contributed by atoms with Gasteiger partial charge in [-0.15, -0.1) is 11.8 Å². The van der Waals surface area contributed by atoms with Gasteiger partial charge in [-0.05, 0) is 24.6 Å². The third kappa shape index (κ3) is 11.1. The Labute approximate surface area is 262 Å². The van der Waals surface area contributed by atoms with Crippen molar-refractivity contribution in [1.29, 1.82) is 0 Å². The molecule has 1 aromatic rings. The molecule has 254 valence electrons. The summed E-state index contributed by atoms with van der Waals surface area (Å²) in [5.41, 5.74) is 5.20. The van der Waals surface area contributed by atoms with Gasteiger partial charge in [-0.25, -0.2) is 4.79 Å². The van der Waals surface area contributed by atoms with Crippen LogP contribution < -0.4 is 26.4 Å². The number of rotatable bonds is 17. The number of ether oxygens (including phenoxy) is 2. The first-order valence-electron chi connectivity index (χ1n) is 13.1. The number of carbonyl (C=O) groups is 7. The fourth-order valence-corrected chi connectivity index (χ4v) is 4.71. The van der Waals surface area contributed by atoms with Gasteiger partial charge in [0.05, 0.1) is 0 Å². The SMILES string of the molecule is NC(CCC(=O)NC(CSc1ccc(C(=O)NCC(=O)O)cc1OC1OC(C(=O)O)[C@@H](O)[C@H](O)[C@H]1O)C(=O)NCC(=O)O)C(=O)O. The molecule has 0 aromatic heterocycles. The Balaban J connectivity index is 2.37. The van der Waals surface area contributed by atoms with E-state index in [-0.39, 0.29) is 28.4 Å². The van der Waals surface area contributed by atoms with E-state index in [1.807, 2.05) is 0 Å². The predicted octanol–water partition coefficient (Wildman–Crippen LogP) is -4.26. The van der Waals surface area contributed by atoms with E-state index in [1.54, 1.807) is 0 Å². The number of nitrogens with two attached hydrogens (primary N) is 1. The van der Waals surface area contributed by atoms with Gasteiger partial charge < -0.3 is 66.9 Å². The highest BCUT2D eigenvalue weighted by Gasteiger charge is 2.48. The van der Waals surface area contributed by atoms with E-state index in [4.69, 9.17) is 30.5 Å². The summed E-state index contributed by atoms with van der Waals surface area (Å²) in [4.78, 5) is 82.0. The summed E-state index contributed by atoms with van der Waals surface area (Å²) < 4.78 is 10.7. The van der Waals surface area contributed by atoms with Crippen molar-refractivity contribution in [2.75, 3.05) is 18.8 Å². The standard InChI is InChI=1S/C25H32N4O16S/c26-10(23(40)41)2-4-14(30)29-11(22(39)28-7-16(33)34)8-46-13-3-1-9(21(38)27-6-15(31)32)5-12(13)44-25-19(37)17(35)18(36)20(45-25)24(42)43/h1,3,5,10-11,17-20,25,35-37H,2,4,6-8,26H2,(H,27,38)(H,28,39)(H,29,30)(H,31,32)(H,33,34)(H,40,41)(H,42,43)/t10?,11?,17-,18-,19+,20?,25?/m0/s1. The second-order valence-corrected chi connectivity index (χ2v) is 10.7. The maximum atomic E-state index is 12.7. The topological polar surface area (TPSA) is 342 Å². The number of carbonyl (C=O) groups excluding carboxylic acids is 3. The molecule has 3 amide bonds. The number of amides is 3. The number of benzene rings is 1. The number of hydrogen-bond donors (Lipinski definition) is 11. The smallest absolute Gasteiger partial charge is 0.335 e. The molecule has 2 rings (SSSR count). The summed E-state index contributed by atoms with van der Waals surface area (Å²) in [6.45, 7) is -1.57. The van der Waals surface area contributed by atoms with Crippen molar-refractivity contribution in [2.45, 2.75) is 60.5 Å². The summed E-state index contributed by atoms with van der Waals surface area (Å²) in [6.07, 6.45) is -10.8. The van der Waals surface area contributed by atoms with Crippen LogP contribution in [-0.4, -0.2) is 139 Å².